The second-order valence-corrected chi connectivity index (χ2v) is 5.15. The van der Waals surface area contributed by atoms with Gasteiger partial charge < -0.3 is 0 Å². The SMILES string of the molecule is Cc1nc(C)c(C(NN)c2c(F)cccc2F)s1. The molecule has 0 aliphatic rings. The fraction of sp³-hybridized carbons (Fsp3) is 0.250. The number of halogens is 2. The number of nitrogens with zero attached hydrogens (tertiary/aromatic N) is 1. The Morgan fingerprint density at radius 2 is 1.89 bits per heavy atom. The van der Waals surface area contributed by atoms with Gasteiger partial charge in [0.05, 0.1) is 21.6 Å². The molecule has 0 aliphatic carbocycles. The van der Waals surface area contributed by atoms with Gasteiger partial charge >= 0.3 is 0 Å². The van der Waals surface area contributed by atoms with Crippen molar-refractivity contribution < 1.29 is 8.78 Å². The van der Waals surface area contributed by atoms with Gasteiger partial charge in [-0.2, -0.15) is 0 Å². The molecule has 3 nitrogen and oxygen atoms in total. The smallest absolute Gasteiger partial charge is 0.131 e. The van der Waals surface area contributed by atoms with Crippen molar-refractivity contribution in [2.24, 2.45) is 5.84 Å². The number of hydrazine groups is 1. The van der Waals surface area contributed by atoms with Crippen LogP contribution in [0.25, 0.3) is 0 Å². The fourth-order valence-electron chi connectivity index (χ4n) is 1.89. The van der Waals surface area contributed by atoms with E-state index in [2.05, 4.69) is 10.4 Å². The minimum Gasteiger partial charge on any atom is -0.271 e. The molecule has 3 N–H and O–H groups in total. The zero-order chi connectivity index (χ0) is 13.3. The van der Waals surface area contributed by atoms with Gasteiger partial charge in [-0.05, 0) is 26.0 Å². The molecule has 1 aromatic heterocycles. The van der Waals surface area contributed by atoms with Crippen molar-refractivity contribution >= 4 is 11.3 Å². The monoisotopic (exact) mass is 269 g/mol. The highest BCUT2D eigenvalue weighted by atomic mass is 32.1. The van der Waals surface area contributed by atoms with Gasteiger partial charge in [0.2, 0.25) is 0 Å². The lowest BCUT2D eigenvalue weighted by Gasteiger charge is -2.16. The van der Waals surface area contributed by atoms with E-state index >= 15 is 0 Å². The average Bonchev–Trinajstić information content (AvgIpc) is 2.63. The van der Waals surface area contributed by atoms with Crippen molar-refractivity contribution in [3.8, 4) is 0 Å². The van der Waals surface area contributed by atoms with Gasteiger partial charge in [0.15, 0.2) is 0 Å². The zero-order valence-electron chi connectivity index (χ0n) is 10.00. The molecule has 1 aromatic carbocycles. The number of nitrogens with one attached hydrogen (secondary N) is 1. The first-order valence-electron chi connectivity index (χ1n) is 5.38. The summed E-state index contributed by atoms with van der Waals surface area (Å²) >= 11 is 1.37. The first-order chi connectivity index (χ1) is 8.54. The fourth-order valence-corrected chi connectivity index (χ4v) is 2.89. The Balaban J connectivity index is 2.55. The van der Waals surface area contributed by atoms with E-state index in [1.165, 1.54) is 29.5 Å². The van der Waals surface area contributed by atoms with Crippen LogP contribution in [0.2, 0.25) is 0 Å². The van der Waals surface area contributed by atoms with E-state index in [0.29, 0.717) is 0 Å². The molecule has 0 saturated heterocycles. The molecule has 2 aromatic rings. The van der Waals surface area contributed by atoms with E-state index in [9.17, 15) is 8.78 Å². The Kier molecular flexibility index (Phi) is 3.70. The Labute approximate surface area is 108 Å². The van der Waals surface area contributed by atoms with Gasteiger partial charge in [-0.3, -0.25) is 5.84 Å². The molecule has 0 radical (unpaired) electrons. The highest BCUT2D eigenvalue weighted by Gasteiger charge is 2.24. The molecular weight excluding hydrogens is 256 g/mol. The molecule has 0 spiro atoms. The summed E-state index contributed by atoms with van der Waals surface area (Å²) in [4.78, 5) is 4.96. The number of aromatic nitrogens is 1. The Bertz CT molecular complexity index is 548. The maximum absolute atomic E-state index is 13.8. The maximum atomic E-state index is 13.8. The molecule has 6 heteroatoms. The lowest BCUT2D eigenvalue weighted by Crippen LogP contribution is -2.30. The van der Waals surface area contributed by atoms with Crippen molar-refractivity contribution in [3.63, 3.8) is 0 Å². The largest absolute Gasteiger partial charge is 0.271 e. The van der Waals surface area contributed by atoms with E-state index in [1.54, 1.807) is 6.92 Å². The third-order valence-electron chi connectivity index (χ3n) is 2.66. The van der Waals surface area contributed by atoms with Crippen molar-refractivity contribution in [2.45, 2.75) is 19.9 Å². The number of rotatable bonds is 3. The summed E-state index contributed by atoms with van der Waals surface area (Å²) in [5.41, 5.74) is 3.11. The predicted octanol–water partition coefficient (Wildman–Crippen LogP) is 2.59. The van der Waals surface area contributed by atoms with Gasteiger partial charge in [-0.25, -0.2) is 19.2 Å². The van der Waals surface area contributed by atoms with Crippen LogP contribution >= 0.6 is 11.3 Å². The first-order valence-corrected chi connectivity index (χ1v) is 6.20. The molecule has 96 valence electrons. The normalized spacial score (nSPS) is 12.7. The summed E-state index contributed by atoms with van der Waals surface area (Å²) in [7, 11) is 0. The van der Waals surface area contributed by atoms with E-state index in [-0.39, 0.29) is 5.56 Å². The number of benzene rings is 1. The van der Waals surface area contributed by atoms with Crippen LogP contribution in [0.1, 0.15) is 27.2 Å². The number of aryl methyl sites for hydroxylation is 2. The van der Waals surface area contributed by atoms with Crippen LogP contribution in [0, 0.1) is 25.5 Å². The second kappa shape index (κ2) is 5.09. The minimum absolute atomic E-state index is 0.0771. The highest BCUT2D eigenvalue weighted by molar-refractivity contribution is 7.11. The van der Waals surface area contributed by atoms with Crippen LogP contribution in [0.5, 0.6) is 0 Å². The number of hydrogen-bond donors (Lipinski definition) is 2. The van der Waals surface area contributed by atoms with Gasteiger partial charge in [0.25, 0.3) is 0 Å². The topological polar surface area (TPSA) is 50.9 Å². The average molecular weight is 269 g/mol. The molecule has 2 rings (SSSR count). The number of nitrogens with two attached hydrogens (primary N) is 1. The lowest BCUT2D eigenvalue weighted by atomic mass is 10.0. The van der Waals surface area contributed by atoms with Crippen LogP contribution < -0.4 is 11.3 Å². The Morgan fingerprint density at radius 1 is 1.28 bits per heavy atom. The molecule has 0 saturated carbocycles. The van der Waals surface area contributed by atoms with Gasteiger partial charge in [0, 0.05) is 5.56 Å². The molecule has 1 atom stereocenters. The summed E-state index contributed by atoms with van der Waals surface area (Å²) in [6, 6.07) is 3.03. The minimum atomic E-state index is -0.725. The molecule has 1 heterocycles. The third kappa shape index (κ3) is 2.27. The Morgan fingerprint density at radius 3 is 2.33 bits per heavy atom. The highest BCUT2D eigenvalue weighted by Crippen LogP contribution is 2.32. The molecule has 0 amide bonds. The summed E-state index contributed by atoms with van der Waals surface area (Å²) < 4.78 is 27.5. The number of hydrogen-bond acceptors (Lipinski definition) is 4. The summed E-state index contributed by atoms with van der Waals surface area (Å²) in [6.07, 6.45) is 0. The standard InChI is InChI=1S/C12H13F2N3S/c1-6-12(18-7(2)16-6)11(17-15)10-8(13)4-3-5-9(10)14/h3-5,11,17H,15H2,1-2H3. The summed E-state index contributed by atoms with van der Waals surface area (Å²) in [5, 5.41) is 0.833. The third-order valence-corrected chi connectivity index (χ3v) is 3.79. The van der Waals surface area contributed by atoms with Crippen LogP contribution in [-0.4, -0.2) is 4.98 Å². The summed E-state index contributed by atoms with van der Waals surface area (Å²) in [5.74, 6) is 4.20. The van der Waals surface area contributed by atoms with Crippen molar-refractivity contribution in [2.75, 3.05) is 0 Å². The molecular formula is C12H13F2N3S. The van der Waals surface area contributed by atoms with Gasteiger partial charge in [-0.1, -0.05) is 6.07 Å². The van der Waals surface area contributed by atoms with Gasteiger partial charge in [-0.15, -0.1) is 11.3 Å². The van der Waals surface area contributed by atoms with Crippen LogP contribution in [0.15, 0.2) is 18.2 Å². The van der Waals surface area contributed by atoms with E-state index in [4.69, 9.17) is 5.84 Å². The van der Waals surface area contributed by atoms with Crippen molar-refractivity contribution in [3.05, 3.63) is 51.0 Å². The maximum Gasteiger partial charge on any atom is 0.131 e. The van der Waals surface area contributed by atoms with Crippen molar-refractivity contribution in [1.29, 1.82) is 0 Å². The molecule has 18 heavy (non-hydrogen) atoms. The zero-order valence-corrected chi connectivity index (χ0v) is 10.8. The van der Waals surface area contributed by atoms with Crippen LogP contribution in [0.3, 0.4) is 0 Å². The predicted molar refractivity (Wildman–Crippen MR) is 67.1 cm³/mol. The summed E-state index contributed by atoms with van der Waals surface area (Å²) in [6.45, 7) is 3.63. The first kappa shape index (κ1) is 13.1. The van der Waals surface area contributed by atoms with Crippen LogP contribution in [0.4, 0.5) is 8.78 Å². The molecule has 0 bridgehead atoms. The van der Waals surface area contributed by atoms with E-state index in [1.807, 2.05) is 6.92 Å². The van der Waals surface area contributed by atoms with Gasteiger partial charge in [0.1, 0.15) is 11.6 Å². The second-order valence-electron chi connectivity index (χ2n) is 3.92. The molecule has 0 fully saturated rings. The van der Waals surface area contributed by atoms with Crippen LogP contribution in [-0.2, 0) is 0 Å². The lowest BCUT2D eigenvalue weighted by molar-refractivity contribution is 0.512. The van der Waals surface area contributed by atoms with Crippen molar-refractivity contribution in [1.82, 2.24) is 10.4 Å². The van der Waals surface area contributed by atoms with E-state index < -0.39 is 17.7 Å². The van der Waals surface area contributed by atoms with E-state index in [0.717, 1.165) is 15.6 Å². The Hall–Kier alpha value is -1.37. The molecule has 0 aliphatic heterocycles. The quantitative estimate of drug-likeness (QED) is 0.665. The molecule has 1 unspecified atom stereocenters. The number of thiazole rings is 1.